The van der Waals surface area contributed by atoms with E-state index in [9.17, 15) is 33.6 Å². The van der Waals surface area contributed by atoms with Gasteiger partial charge in [-0.25, -0.2) is 4.98 Å². The number of hydrogen-bond donors (Lipinski definition) is 5. The van der Waals surface area contributed by atoms with Crippen molar-refractivity contribution in [1.82, 2.24) is 36.5 Å². The number of oxazole rings is 1. The highest BCUT2D eigenvalue weighted by Crippen LogP contribution is 2.24. The van der Waals surface area contributed by atoms with Gasteiger partial charge in [0.15, 0.2) is 5.69 Å². The molecule has 0 aliphatic carbocycles. The predicted molar refractivity (Wildman–Crippen MR) is 142 cm³/mol. The average molecular weight is 576 g/mol. The van der Waals surface area contributed by atoms with Crippen LogP contribution < -0.4 is 26.6 Å². The number of nitrogens with zero attached hydrogens (tertiary/aromatic N) is 2. The maximum Gasteiger partial charge on any atom is 0.290 e. The van der Waals surface area contributed by atoms with Crippen LogP contribution in [0.1, 0.15) is 75.8 Å². The van der Waals surface area contributed by atoms with Crippen LogP contribution in [0.15, 0.2) is 10.7 Å². The maximum absolute atomic E-state index is 13.5. The van der Waals surface area contributed by atoms with Gasteiger partial charge in [-0.1, -0.05) is 27.2 Å². The monoisotopic (exact) mass is 575 g/mol. The van der Waals surface area contributed by atoms with Crippen molar-refractivity contribution in [1.29, 1.82) is 0 Å². The third-order valence-electron chi connectivity index (χ3n) is 7.08. The summed E-state index contributed by atoms with van der Waals surface area (Å²) in [7, 11) is 0. The highest BCUT2D eigenvalue weighted by Gasteiger charge is 2.42. The van der Waals surface area contributed by atoms with Crippen LogP contribution in [0.2, 0.25) is 0 Å². The van der Waals surface area contributed by atoms with Crippen molar-refractivity contribution < 1.29 is 38.0 Å². The van der Waals surface area contributed by atoms with Crippen LogP contribution in [-0.4, -0.2) is 88.9 Å². The Kier molecular flexibility index (Phi) is 10.6. The van der Waals surface area contributed by atoms with Gasteiger partial charge in [0, 0.05) is 13.1 Å². The molecule has 3 heterocycles. The molecular weight excluding hydrogens is 538 g/mol. The van der Waals surface area contributed by atoms with E-state index in [4.69, 9.17) is 4.42 Å². The van der Waals surface area contributed by atoms with Crippen molar-refractivity contribution in [2.75, 3.05) is 13.1 Å². The maximum atomic E-state index is 13.5. The molecule has 15 nitrogen and oxygen atoms in total. The van der Waals surface area contributed by atoms with E-state index in [1.54, 1.807) is 13.8 Å². The van der Waals surface area contributed by atoms with E-state index in [-0.39, 0.29) is 43.4 Å². The number of amides is 6. The van der Waals surface area contributed by atoms with Crippen molar-refractivity contribution in [3.8, 4) is 0 Å². The lowest BCUT2D eigenvalue weighted by Gasteiger charge is -2.29. The zero-order valence-electron chi connectivity index (χ0n) is 23.5. The number of nitrogens with one attached hydrogen (secondary N) is 5. The summed E-state index contributed by atoms with van der Waals surface area (Å²) in [5.74, 6) is -4.52. The number of ketones is 1. The minimum Gasteiger partial charge on any atom is -0.446 e. The zero-order valence-corrected chi connectivity index (χ0v) is 23.5. The van der Waals surface area contributed by atoms with Crippen molar-refractivity contribution >= 4 is 41.7 Å². The molecule has 6 amide bonds. The van der Waals surface area contributed by atoms with Crippen LogP contribution in [0.25, 0.3) is 0 Å². The topological polar surface area (TPSA) is 209 Å². The number of aromatic nitrogens is 1. The third-order valence-corrected chi connectivity index (χ3v) is 7.08. The minimum absolute atomic E-state index is 0.0452. The minimum atomic E-state index is -1.20. The molecule has 1 aromatic heterocycles. The molecule has 3 rings (SSSR count). The van der Waals surface area contributed by atoms with Gasteiger partial charge in [0.1, 0.15) is 30.4 Å². The van der Waals surface area contributed by atoms with Gasteiger partial charge in [0.05, 0.1) is 6.04 Å². The van der Waals surface area contributed by atoms with E-state index in [1.165, 1.54) is 11.8 Å². The summed E-state index contributed by atoms with van der Waals surface area (Å²) in [6.45, 7) is 6.72. The van der Waals surface area contributed by atoms with Gasteiger partial charge in [-0.05, 0) is 32.1 Å². The highest BCUT2D eigenvalue weighted by molar-refractivity contribution is 6.38. The molecule has 5 N–H and O–H groups in total. The summed E-state index contributed by atoms with van der Waals surface area (Å²) in [6, 6.07) is -5.21. The molecule has 1 aromatic rings. The standard InChI is InChI=1S/C26H37N7O8/c1-5-7-16-20(35)24(39)29-14(4)25-32-18(11-41-25)22(37)30-15(6-2)21(36)27-9-17(28-12-34)26(40)33-10-13(3)8-19(33)23(38)31-16/h11-17,19H,5-10H2,1-4H3,(H,27,36)(H,28,34)(H,29,39)(H,30,37)(H,31,38). The van der Waals surface area contributed by atoms with E-state index in [2.05, 4.69) is 31.6 Å². The zero-order chi connectivity index (χ0) is 30.3. The Morgan fingerprint density at radius 2 is 1.76 bits per heavy atom. The number of hydrogen-bond acceptors (Lipinski definition) is 9. The second-order valence-corrected chi connectivity index (χ2v) is 10.3. The first-order chi connectivity index (χ1) is 19.5. The molecule has 0 spiro atoms. The van der Waals surface area contributed by atoms with Crippen LogP contribution >= 0.6 is 0 Å². The molecule has 41 heavy (non-hydrogen) atoms. The summed E-state index contributed by atoms with van der Waals surface area (Å²) >= 11 is 0. The van der Waals surface area contributed by atoms with E-state index < -0.39 is 65.5 Å². The second-order valence-electron chi connectivity index (χ2n) is 10.3. The molecule has 6 atom stereocenters. The van der Waals surface area contributed by atoms with Crippen LogP contribution in [0, 0.1) is 5.92 Å². The summed E-state index contributed by atoms with van der Waals surface area (Å²) in [5, 5.41) is 12.6. The second kappa shape index (κ2) is 13.9. The number of Topliss-reactive ketones (excluding diaryl/α,β-unsaturated/α-hetero) is 1. The third kappa shape index (κ3) is 7.46. The molecule has 1 fully saturated rings. The molecular formula is C26H37N7O8. The van der Waals surface area contributed by atoms with Gasteiger partial charge in [-0.2, -0.15) is 0 Å². The quantitative estimate of drug-likeness (QED) is 0.208. The normalized spacial score (nSPS) is 28.6. The van der Waals surface area contributed by atoms with Crippen molar-refractivity contribution in [2.45, 2.75) is 83.6 Å². The molecule has 0 radical (unpaired) electrons. The summed E-state index contributed by atoms with van der Waals surface area (Å²) in [6.07, 6.45) is 2.51. The molecule has 6 unspecified atom stereocenters. The smallest absolute Gasteiger partial charge is 0.290 e. The number of fused-ring (bicyclic) bond motifs is 3. The lowest BCUT2D eigenvalue weighted by molar-refractivity contribution is -0.143. The molecule has 15 heteroatoms. The van der Waals surface area contributed by atoms with Gasteiger partial charge < -0.3 is 35.9 Å². The van der Waals surface area contributed by atoms with Gasteiger partial charge >= 0.3 is 0 Å². The Morgan fingerprint density at radius 1 is 1.02 bits per heavy atom. The SMILES string of the molecule is CCCC1NC(=O)C2CC(C)CN2C(=O)C(NC=O)CNC(=O)C(CC)NC(=O)c2coc(n2)C(C)NC(=O)C1=O. The van der Waals surface area contributed by atoms with Gasteiger partial charge in [-0.15, -0.1) is 0 Å². The average Bonchev–Trinajstić information content (AvgIpc) is 3.59. The Bertz CT molecular complexity index is 1180. The van der Waals surface area contributed by atoms with E-state index in [0.717, 1.165) is 6.26 Å². The summed E-state index contributed by atoms with van der Waals surface area (Å²) < 4.78 is 5.32. The first-order valence-electron chi connectivity index (χ1n) is 13.7. The van der Waals surface area contributed by atoms with Crippen molar-refractivity contribution in [2.24, 2.45) is 5.92 Å². The summed E-state index contributed by atoms with van der Waals surface area (Å²) in [5.41, 5.74) is -0.158. The van der Waals surface area contributed by atoms with Crippen molar-refractivity contribution in [3.05, 3.63) is 17.8 Å². The molecule has 2 aliphatic rings. The van der Waals surface area contributed by atoms with Crippen LogP contribution in [0.3, 0.4) is 0 Å². The van der Waals surface area contributed by atoms with E-state index in [0.29, 0.717) is 19.3 Å². The lowest BCUT2D eigenvalue weighted by Crippen LogP contribution is -2.58. The Hall–Kier alpha value is -4.30. The largest absolute Gasteiger partial charge is 0.446 e. The number of carbonyl (C=O) groups excluding carboxylic acids is 7. The molecule has 224 valence electrons. The first-order valence-corrected chi connectivity index (χ1v) is 13.7. The molecule has 0 saturated carbocycles. The van der Waals surface area contributed by atoms with Crippen LogP contribution in [-0.2, 0) is 28.8 Å². The Labute approximate surface area is 236 Å². The van der Waals surface area contributed by atoms with Gasteiger partial charge in [0.25, 0.3) is 11.8 Å². The highest BCUT2D eigenvalue weighted by atomic mass is 16.3. The van der Waals surface area contributed by atoms with E-state index >= 15 is 0 Å². The number of rotatable bonds is 5. The number of carbonyl (C=O) groups is 7. The summed E-state index contributed by atoms with van der Waals surface area (Å²) in [4.78, 5) is 95.1. The van der Waals surface area contributed by atoms with Crippen LogP contribution in [0.5, 0.6) is 0 Å². The van der Waals surface area contributed by atoms with Crippen LogP contribution in [0.4, 0.5) is 0 Å². The van der Waals surface area contributed by atoms with Crippen molar-refractivity contribution in [3.63, 3.8) is 0 Å². The fourth-order valence-corrected chi connectivity index (χ4v) is 4.85. The molecule has 1 saturated heterocycles. The molecule has 2 aliphatic heterocycles. The fraction of sp³-hybridized carbons (Fsp3) is 0.615. The molecule has 2 bridgehead atoms. The Balaban J connectivity index is 1.96. The fourth-order valence-electron chi connectivity index (χ4n) is 4.85. The van der Waals surface area contributed by atoms with Gasteiger partial charge in [0.2, 0.25) is 35.8 Å². The lowest BCUT2D eigenvalue weighted by atomic mass is 10.0. The van der Waals surface area contributed by atoms with Gasteiger partial charge in [-0.3, -0.25) is 33.6 Å². The van der Waals surface area contributed by atoms with E-state index in [1.807, 2.05) is 6.92 Å². The first kappa shape index (κ1) is 31.2. The predicted octanol–water partition coefficient (Wildman–Crippen LogP) is -1.30. The Morgan fingerprint density at radius 3 is 2.41 bits per heavy atom. The molecule has 0 aromatic carbocycles.